The van der Waals surface area contributed by atoms with Crippen LogP contribution < -0.4 is 20.7 Å². The van der Waals surface area contributed by atoms with E-state index in [0.29, 0.717) is 19.5 Å². The minimum Gasteiger partial charge on any atom is -0.496 e. The van der Waals surface area contributed by atoms with Crippen LogP contribution in [0.1, 0.15) is 22.3 Å². The summed E-state index contributed by atoms with van der Waals surface area (Å²) in [6, 6.07) is 13.5. The molecule has 6 nitrogen and oxygen atoms in total. The van der Waals surface area contributed by atoms with Crippen molar-refractivity contribution in [3.8, 4) is 5.75 Å². The second-order valence-electron chi connectivity index (χ2n) is 6.44. The number of hydrogen-bond acceptors (Lipinski definition) is 3. The Kier molecular flexibility index (Phi) is 7.67. The molecule has 0 bridgehead atoms. The van der Waals surface area contributed by atoms with Crippen LogP contribution in [0.5, 0.6) is 5.75 Å². The van der Waals surface area contributed by atoms with Gasteiger partial charge in [0.15, 0.2) is 0 Å². The van der Waals surface area contributed by atoms with E-state index in [-0.39, 0.29) is 18.5 Å². The van der Waals surface area contributed by atoms with Crippen LogP contribution in [0.4, 0.5) is 4.79 Å². The van der Waals surface area contributed by atoms with Crippen LogP contribution >= 0.6 is 0 Å². The smallest absolute Gasteiger partial charge is 0.315 e. The second-order valence-corrected chi connectivity index (χ2v) is 6.44. The van der Waals surface area contributed by atoms with Gasteiger partial charge in [-0.05, 0) is 37.5 Å². The van der Waals surface area contributed by atoms with Gasteiger partial charge in [-0.1, -0.05) is 47.5 Å². The molecule has 3 amide bonds. The fourth-order valence-corrected chi connectivity index (χ4v) is 2.61. The van der Waals surface area contributed by atoms with Gasteiger partial charge in [0.05, 0.1) is 13.7 Å². The quantitative estimate of drug-likeness (QED) is 0.669. The van der Waals surface area contributed by atoms with Gasteiger partial charge in [0.2, 0.25) is 5.91 Å². The lowest BCUT2D eigenvalue weighted by Gasteiger charge is -2.11. The summed E-state index contributed by atoms with van der Waals surface area (Å²) in [5.41, 5.74) is 4.36. The van der Waals surface area contributed by atoms with Crippen LogP contribution in [0.15, 0.2) is 42.5 Å². The molecule has 0 aliphatic carbocycles. The summed E-state index contributed by atoms with van der Waals surface area (Å²) in [4.78, 5) is 23.7. The molecule has 0 aromatic heterocycles. The number of nitrogens with one attached hydrogen (secondary N) is 3. The van der Waals surface area contributed by atoms with Gasteiger partial charge in [-0.15, -0.1) is 0 Å². The van der Waals surface area contributed by atoms with E-state index in [2.05, 4.69) is 16.0 Å². The molecule has 144 valence electrons. The molecule has 0 saturated carbocycles. The Bertz CT molecular complexity index is 773. The Morgan fingerprint density at radius 3 is 2.33 bits per heavy atom. The molecule has 0 fully saturated rings. The zero-order valence-corrected chi connectivity index (χ0v) is 16.1. The number of carbonyl (C=O) groups excluding carboxylic acids is 2. The number of aryl methyl sites for hydroxylation is 2. The maximum Gasteiger partial charge on any atom is 0.315 e. The molecule has 3 N–H and O–H groups in total. The number of carbonyl (C=O) groups is 2. The van der Waals surface area contributed by atoms with E-state index >= 15 is 0 Å². The number of ether oxygens (including phenoxy) is 1. The number of benzene rings is 2. The summed E-state index contributed by atoms with van der Waals surface area (Å²) in [5, 5.41) is 8.09. The van der Waals surface area contributed by atoms with Crippen molar-refractivity contribution in [1.82, 2.24) is 16.0 Å². The lowest BCUT2D eigenvalue weighted by Crippen LogP contribution is -2.42. The van der Waals surface area contributed by atoms with Crippen LogP contribution in [0.2, 0.25) is 0 Å². The zero-order chi connectivity index (χ0) is 19.6. The van der Waals surface area contributed by atoms with Gasteiger partial charge >= 0.3 is 6.03 Å². The van der Waals surface area contributed by atoms with E-state index in [0.717, 1.165) is 22.4 Å². The normalized spacial score (nSPS) is 10.2. The summed E-state index contributed by atoms with van der Waals surface area (Å²) >= 11 is 0. The van der Waals surface area contributed by atoms with E-state index in [1.54, 1.807) is 7.11 Å². The van der Waals surface area contributed by atoms with Gasteiger partial charge in [0, 0.05) is 13.1 Å². The van der Waals surface area contributed by atoms with Crippen molar-refractivity contribution < 1.29 is 14.3 Å². The van der Waals surface area contributed by atoms with E-state index in [1.165, 1.54) is 5.56 Å². The molecule has 6 heteroatoms. The summed E-state index contributed by atoms with van der Waals surface area (Å²) in [6.07, 6.45) is 0.663. The number of rotatable bonds is 8. The summed E-state index contributed by atoms with van der Waals surface area (Å²) in [6.45, 7) is 4.86. The highest BCUT2D eigenvalue weighted by atomic mass is 16.5. The minimum absolute atomic E-state index is 0.0648. The van der Waals surface area contributed by atoms with Crippen molar-refractivity contribution in [3.63, 3.8) is 0 Å². The standard InChI is InChI=1S/C21H27N3O3/c1-15-4-7-17(8-5-15)13-23-21(26)24-14-20(25)22-11-10-18-12-16(2)6-9-19(18)27-3/h4-9,12H,10-11,13-14H2,1-3H3,(H,22,25)(H2,23,24,26). The molecule has 2 aromatic rings. The maximum atomic E-state index is 11.9. The molecule has 0 aliphatic heterocycles. The van der Waals surface area contributed by atoms with Crippen molar-refractivity contribution in [1.29, 1.82) is 0 Å². The molecular formula is C21H27N3O3. The van der Waals surface area contributed by atoms with Crippen molar-refractivity contribution in [2.75, 3.05) is 20.2 Å². The monoisotopic (exact) mass is 369 g/mol. The van der Waals surface area contributed by atoms with Crippen LogP contribution in [-0.2, 0) is 17.8 Å². The predicted molar refractivity (Wildman–Crippen MR) is 106 cm³/mol. The molecule has 0 unspecified atom stereocenters. The molecular weight excluding hydrogens is 342 g/mol. The second kappa shape index (κ2) is 10.2. The highest BCUT2D eigenvalue weighted by molar-refractivity contribution is 5.83. The first-order valence-electron chi connectivity index (χ1n) is 8.95. The molecule has 0 atom stereocenters. The van der Waals surface area contributed by atoms with Gasteiger partial charge in [0.25, 0.3) is 0 Å². The van der Waals surface area contributed by atoms with Crippen molar-refractivity contribution in [3.05, 3.63) is 64.7 Å². The van der Waals surface area contributed by atoms with E-state index < -0.39 is 0 Å². The third kappa shape index (κ3) is 7.01. The topological polar surface area (TPSA) is 79.5 Å². The highest BCUT2D eigenvalue weighted by Crippen LogP contribution is 2.19. The van der Waals surface area contributed by atoms with Crippen LogP contribution in [0.3, 0.4) is 0 Å². The Morgan fingerprint density at radius 1 is 0.926 bits per heavy atom. The van der Waals surface area contributed by atoms with Gasteiger partial charge in [-0.2, -0.15) is 0 Å². The van der Waals surface area contributed by atoms with Crippen LogP contribution in [-0.4, -0.2) is 32.1 Å². The van der Waals surface area contributed by atoms with Crippen molar-refractivity contribution in [2.45, 2.75) is 26.8 Å². The fourth-order valence-electron chi connectivity index (χ4n) is 2.61. The molecule has 0 heterocycles. The van der Waals surface area contributed by atoms with Crippen LogP contribution in [0.25, 0.3) is 0 Å². The average molecular weight is 369 g/mol. The molecule has 0 aliphatic rings. The van der Waals surface area contributed by atoms with Gasteiger partial charge < -0.3 is 20.7 Å². The Morgan fingerprint density at radius 2 is 1.63 bits per heavy atom. The molecule has 2 aromatic carbocycles. The van der Waals surface area contributed by atoms with E-state index in [9.17, 15) is 9.59 Å². The number of hydrogen-bond donors (Lipinski definition) is 3. The Labute approximate surface area is 160 Å². The number of amides is 3. The minimum atomic E-state index is -0.369. The third-order valence-electron chi connectivity index (χ3n) is 4.14. The average Bonchev–Trinajstić information content (AvgIpc) is 2.66. The summed E-state index contributed by atoms with van der Waals surface area (Å²) in [5.74, 6) is 0.579. The van der Waals surface area contributed by atoms with E-state index in [4.69, 9.17) is 4.74 Å². The highest BCUT2D eigenvalue weighted by Gasteiger charge is 2.07. The predicted octanol–water partition coefficient (Wildman–Crippen LogP) is 2.47. The van der Waals surface area contributed by atoms with Gasteiger partial charge in [0.1, 0.15) is 5.75 Å². The van der Waals surface area contributed by atoms with E-state index in [1.807, 2.05) is 56.3 Å². The largest absolute Gasteiger partial charge is 0.496 e. The van der Waals surface area contributed by atoms with Gasteiger partial charge in [-0.25, -0.2) is 4.79 Å². The number of methoxy groups -OCH3 is 1. The molecule has 2 rings (SSSR count). The maximum absolute atomic E-state index is 11.9. The number of urea groups is 1. The fraction of sp³-hybridized carbons (Fsp3) is 0.333. The molecule has 0 saturated heterocycles. The summed E-state index contributed by atoms with van der Waals surface area (Å²) < 4.78 is 5.33. The zero-order valence-electron chi connectivity index (χ0n) is 16.1. The Hall–Kier alpha value is -3.02. The first-order chi connectivity index (χ1) is 13.0. The van der Waals surface area contributed by atoms with Crippen molar-refractivity contribution in [2.24, 2.45) is 0 Å². The van der Waals surface area contributed by atoms with Crippen LogP contribution in [0, 0.1) is 13.8 Å². The Balaban J connectivity index is 1.66. The first kappa shape index (κ1) is 20.3. The third-order valence-corrected chi connectivity index (χ3v) is 4.14. The molecule has 0 radical (unpaired) electrons. The lowest BCUT2D eigenvalue weighted by atomic mass is 10.1. The molecule has 0 spiro atoms. The lowest BCUT2D eigenvalue weighted by molar-refractivity contribution is -0.120. The van der Waals surface area contributed by atoms with Gasteiger partial charge in [-0.3, -0.25) is 4.79 Å². The first-order valence-corrected chi connectivity index (χ1v) is 8.95. The SMILES string of the molecule is COc1ccc(C)cc1CCNC(=O)CNC(=O)NCc1ccc(C)cc1. The summed E-state index contributed by atoms with van der Waals surface area (Å²) in [7, 11) is 1.63. The van der Waals surface area contributed by atoms with Crippen molar-refractivity contribution >= 4 is 11.9 Å². The molecule has 27 heavy (non-hydrogen) atoms.